The van der Waals surface area contributed by atoms with E-state index in [0.29, 0.717) is 16.2 Å². The van der Waals surface area contributed by atoms with Gasteiger partial charge >= 0.3 is 6.09 Å². The Hall–Kier alpha value is -1.96. The number of ether oxygens (including phenoxy) is 1. The summed E-state index contributed by atoms with van der Waals surface area (Å²) in [7, 11) is 1.46. The third-order valence-corrected chi connectivity index (χ3v) is 2.45. The molecule has 0 aliphatic rings. The van der Waals surface area contributed by atoms with E-state index in [1.54, 1.807) is 0 Å². The number of amides is 1. The van der Waals surface area contributed by atoms with Gasteiger partial charge in [0.2, 0.25) is 5.88 Å². The average Bonchev–Trinajstić information content (AvgIpc) is 2.58. The first-order valence-corrected chi connectivity index (χ1v) is 4.68. The summed E-state index contributed by atoms with van der Waals surface area (Å²) in [6, 6.07) is 0. The van der Waals surface area contributed by atoms with Crippen molar-refractivity contribution in [1.29, 1.82) is 0 Å². The van der Waals surface area contributed by atoms with Crippen LogP contribution in [0.5, 0.6) is 5.88 Å². The van der Waals surface area contributed by atoms with Gasteiger partial charge in [-0.2, -0.15) is 4.98 Å². The van der Waals surface area contributed by atoms with E-state index in [1.165, 1.54) is 13.4 Å². The molecule has 0 bridgehead atoms. The molecule has 0 atom stereocenters. The summed E-state index contributed by atoms with van der Waals surface area (Å²) in [4.78, 5) is 22.8. The first-order chi connectivity index (χ1) is 7.20. The molecular formula is C7H6N4O3S. The van der Waals surface area contributed by atoms with Crippen LogP contribution in [-0.2, 0) is 0 Å². The second-order valence-electron chi connectivity index (χ2n) is 2.49. The highest BCUT2D eigenvalue weighted by molar-refractivity contribution is 7.22. The quantitative estimate of drug-likeness (QED) is 0.798. The van der Waals surface area contributed by atoms with Gasteiger partial charge in [0, 0.05) is 0 Å². The molecule has 78 valence electrons. The largest absolute Gasteiger partial charge is 0.479 e. The number of carboxylic acid groups (broad SMARTS) is 1. The number of methoxy groups -OCH3 is 1. The molecule has 0 unspecified atom stereocenters. The van der Waals surface area contributed by atoms with Crippen LogP contribution in [0.4, 0.5) is 9.93 Å². The minimum absolute atomic E-state index is 0.247. The van der Waals surface area contributed by atoms with E-state index in [2.05, 4.69) is 20.3 Å². The Bertz CT molecular complexity index is 512. The highest BCUT2D eigenvalue weighted by Crippen LogP contribution is 2.28. The SMILES string of the molecule is COc1ncnc2sc(NC(=O)O)nc12. The number of aromatic nitrogens is 3. The number of thiazole rings is 1. The molecule has 2 heterocycles. The fourth-order valence-corrected chi connectivity index (χ4v) is 1.82. The zero-order valence-corrected chi connectivity index (χ0v) is 8.41. The number of hydrogen-bond donors (Lipinski definition) is 2. The van der Waals surface area contributed by atoms with E-state index in [-0.39, 0.29) is 5.13 Å². The first kappa shape index (κ1) is 9.59. The Morgan fingerprint density at radius 1 is 1.60 bits per heavy atom. The van der Waals surface area contributed by atoms with Gasteiger partial charge in [-0.25, -0.2) is 14.8 Å². The van der Waals surface area contributed by atoms with E-state index in [9.17, 15) is 4.79 Å². The molecule has 2 rings (SSSR count). The minimum Gasteiger partial charge on any atom is -0.479 e. The molecule has 2 N–H and O–H groups in total. The van der Waals surface area contributed by atoms with E-state index < -0.39 is 6.09 Å². The van der Waals surface area contributed by atoms with Crippen LogP contribution in [0.15, 0.2) is 6.33 Å². The Kier molecular flexibility index (Phi) is 2.34. The van der Waals surface area contributed by atoms with Gasteiger partial charge in [0.05, 0.1) is 7.11 Å². The fourth-order valence-electron chi connectivity index (χ4n) is 1.03. The van der Waals surface area contributed by atoms with Crippen LogP contribution in [0.1, 0.15) is 0 Å². The number of anilines is 1. The zero-order chi connectivity index (χ0) is 10.8. The summed E-state index contributed by atoms with van der Waals surface area (Å²) in [6.07, 6.45) is 0.171. The third kappa shape index (κ3) is 1.79. The van der Waals surface area contributed by atoms with Crippen molar-refractivity contribution in [3.63, 3.8) is 0 Å². The van der Waals surface area contributed by atoms with Crippen molar-refractivity contribution in [3.05, 3.63) is 6.33 Å². The van der Waals surface area contributed by atoms with Crippen molar-refractivity contribution >= 4 is 32.9 Å². The monoisotopic (exact) mass is 226 g/mol. The predicted octanol–water partition coefficient (Wildman–Crippen LogP) is 1.18. The third-order valence-electron chi connectivity index (χ3n) is 1.57. The summed E-state index contributed by atoms with van der Waals surface area (Å²) >= 11 is 1.12. The lowest BCUT2D eigenvalue weighted by molar-refractivity contribution is 0.209. The maximum Gasteiger partial charge on any atom is 0.410 e. The Labute approximate surface area is 87.8 Å². The normalized spacial score (nSPS) is 10.2. The Balaban J connectivity index is 2.50. The molecule has 0 fully saturated rings. The van der Waals surface area contributed by atoms with Gasteiger partial charge in [-0.05, 0) is 0 Å². The van der Waals surface area contributed by atoms with Crippen LogP contribution in [0, 0.1) is 0 Å². The molecule has 0 radical (unpaired) electrons. The molecule has 0 aliphatic carbocycles. The Morgan fingerprint density at radius 2 is 2.40 bits per heavy atom. The predicted molar refractivity (Wildman–Crippen MR) is 53.4 cm³/mol. The molecular weight excluding hydrogens is 220 g/mol. The first-order valence-electron chi connectivity index (χ1n) is 3.86. The highest BCUT2D eigenvalue weighted by atomic mass is 32.1. The zero-order valence-electron chi connectivity index (χ0n) is 7.59. The maximum absolute atomic E-state index is 10.4. The van der Waals surface area contributed by atoms with Crippen molar-refractivity contribution in [1.82, 2.24) is 15.0 Å². The average molecular weight is 226 g/mol. The van der Waals surface area contributed by atoms with Gasteiger partial charge in [-0.1, -0.05) is 11.3 Å². The molecule has 7 nitrogen and oxygen atoms in total. The Morgan fingerprint density at radius 3 is 3.07 bits per heavy atom. The number of carbonyl (C=O) groups is 1. The number of hydrogen-bond acceptors (Lipinski definition) is 6. The van der Waals surface area contributed by atoms with E-state index >= 15 is 0 Å². The van der Waals surface area contributed by atoms with Crippen molar-refractivity contribution < 1.29 is 14.6 Å². The molecule has 2 aromatic heterocycles. The minimum atomic E-state index is -1.17. The topological polar surface area (TPSA) is 97.2 Å². The fraction of sp³-hybridized carbons (Fsp3) is 0.143. The molecule has 1 amide bonds. The van der Waals surface area contributed by atoms with Crippen molar-refractivity contribution in [2.75, 3.05) is 12.4 Å². The van der Waals surface area contributed by atoms with Crippen LogP contribution in [0.25, 0.3) is 10.3 Å². The van der Waals surface area contributed by atoms with Crippen molar-refractivity contribution in [2.24, 2.45) is 0 Å². The van der Waals surface area contributed by atoms with E-state index in [1.807, 2.05) is 0 Å². The summed E-state index contributed by atoms with van der Waals surface area (Å²) in [5.41, 5.74) is 0.453. The maximum atomic E-state index is 10.4. The molecule has 0 spiro atoms. The lowest BCUT2D eigenvalue weighted by atomic mass is 10.5. The number of nitrogens with zero attached hydrogens (tertiary/aromatic N) is 3. The van der Waals surface area contributed by atoms with Crippen LogP contribution < -0.4 is 10.1 Å². The van der Waals surface area contributed by atoms with Crippen LogP contribution in [-0.4, -0.2) is 33.3 Å². The number of nitrogens with one attached hydrogen (secondary N) is 1. The molecule has 2 aromatic rings. The van der Waals surface area contributed by atoms with Crippen LogP contribution in [0.3, 0.4) is 0 Å². The van der Waals surface area contributed by atoms with Crippen LogP contribution in [0.2, 0.25) is 0 Å². The van der Waals surface area contributed by atoms with Crippen molar-refractivity contribution in [2.45, 2.75) is 0 Å². The van der Waals surface area contributed by atoms with Gasteiger partial charge in [-0.15, -0.1) is 0 Å². The summed E-state index contributed by atoms with van der Waals surface area (Å²) in [5, 5.41) is 10.9. The second kappa shape index (κ2) is 3.65. The highest BCUT2D eigenvalue weighted by Gasteiger charge is 2.11. The summed E-state index contributed by atoms with van der Waals surface area (Å²) in [6.45, 7) is 0. The lowest BCUT2D eigenvalue weighted by Gasteiger charge is -1.95. The van der Waals surface area contributed by atoms with Gasteiger partial charge in [0.25, 0.3) is 0 Å². The standard InChI is InChI=1S/C7H6N4O3S/c1-14-4-3-5(9-2-8-4)15-6(10-3)11-7(12)13/h2H,1H3,(H,10,11)(H,12,13). The van der Waals surface area contributed by atoms with Gasteiger partial charge in [-0.3, -0.25) is 5.32 Å². The molecule has 0 aromatic carbocycles. The van der Waals surface area contributed by atoms with Crippen LogP contribution >= 0.6 is 11.3 Å². The van der Waals surface area contributed by atoms with E-state index in [4.69, 9.17) is 9.84 Å². The van der Waals surface area contributed by atoms with E-state index in [0.717, 1.165) is 11.3 Å². The number of fused-ring (bicyclic) bond motifs is 1. The van der Waals surface area contributed by atoms with Gasteiger partial charge in [0.1, 0.15) is 6.33 Å². The molecule has 15 heavy (non-hydrogen) atoms. The summed E-state index contributed by atoms with van der Waals surface area (Å²) in [5.74, 6) is 0.328. The molecule has 8 heteroatoms. The van der Waals surface area contributed by atoms with Gasteiger partial charge in [0.15, 0.2) is 15.5 Å². The summed E-state index contributed by atoms with van der Waals surface area (Å²) < 4.78 is 4.96. The smallest absolute Gasteiger partial charge is 0.410 e. The molecule has 0 saturated heterocycles. The van der Waals surface area contributed by atoms with Gasteiger partial charge < -0.3 is 9.84 Å². The molecule has 0 aliphatic heterocycles. The number of rotatable bonds is 2. The van der Waals surface area contributed by atoms with Crippen molar-refractivity contribution in [3.8, 4) is 5.88 Å². The lowest BCUT2D eigenvalue weighted by Crippen LogP contribution is -2.06. The second-order valence-corrected chi connectivity index (χ2v) is 3.46. The molecule has 0 saturated carbocycles.